The third kappa shape index (κ3) is 2.54. The molecule has 1 aromatic heterocycles. The third-order valence-corrected chi connectivity index (χ3v) is 2.38. The number of aromatic nitrogens is 1. The Bertz CT molecular complexity index is 582. The number of hydrogen-bond acceptors (Lipinski definition) is 5. The zero-order valence-corrected chi connectivity index (χ0v) is 9.66. The minimum atomic E-state index is -0.558. The van der Waals surface area contributed by atoms with Gasteiger partial charge in [0.2, 0.25) is 0 Å². The van der Waals surface area contributed by atoms with Crippen molar-refractivity contribution in [2.45, 2.75) is 6.92 Å². The first-order valence-electron chi connectivity index (χ1n) is 5.20. The second kappa shape index (κ2) is 4.70. The van der Waals surface area contributed by atoms with E-state index in [2.05, 4.69) is 4.98 Å². The van der Waals surface area contributed by atoms with Crippen LogP contribution in [0.2, 0.25) is 0 Å². The van der Waals surface area contributed by atoms with Gasteiger partial charge in [0.15, 0.2) is 11.9 Å². The molecule has 0 radical (unpaired) electrons. The van der Waals surface area contributed by atoms with Crippen LogP contribution < -0.4 is 10.5 Å². The molecule has 1 heterocycles. The van der Waals surface area contributed by atoms with Gasteiger partial charge >= 0.3 is 5.82 Å². The second-order valence-corrected chi connectivity index (χ2v) is 3.73. The number of anilines is 1. The van der Waals surface area contributed by atoms with Crippen LogP contribution in [0.15, 0.2) is 36.5 Å². The molecule has 0 aliphatic carbocycles. The normalized spacial score (nSPS) is 10.1. The van der Waals surface area contributed by atoms with Gasteiger partial charge in [0.05, 0.1) is 0 Å². The predicted molar refractivity (Wildman–Crippen MR) is 66.6 cm³/mol. The highest BCUT2D eigenvalue weighted by molar-refractivity contribution is 5.50. The average molecular weight is 245 g/mol. The molecule has 0 saturated carbocycles. The van der Waals surface area contributed by atoms with E-state index in [0.717, 1.165) is 5.56 Å². The summed E-state index contributed by atoms with van der Waals surface area (Å²) in [6.07, 6.45) is 1.31. The maximum atomic E-state index is 10.4. The summed E-state index contributed by atoms with van der Waals surface area (Å²) in [6.45, 7) is 1.87. The van der Waals surface area contributed by atoms with Crippen molar-refractivity contribution in [3.05, 3.63) is 52.2 Å². The van der Waals surface area contributed by atoms with Crippen molar-refractivity contribution in [3.63, 3.8) is 0 Å². The molecule has 2 N–H and O–H groups in total. The standard InChI is InChI=1S/C12H11N3O3/c1-8-6-9(2-4-11(8)13)18-10-3-5-12(14-7-10)15(16)17/h2-7H,13H2,1H3. The number of nitrogen functional groups attached to an aromatic ring is 1. The highest BCUT2D eigenvalue weighted by Gasteiger charge is 2.07. The van der Waals surface area contributed by atoms with Crippen molar-refractivity contribution < 1.29 is 9.66 Å². The van der Waals surface area contributed by atoms with Crippen molar-refractivity contribution >= 4 is 11.5 Å². The van der Waals surface area contributed by atoms with E-state index < -0.39 is 4.92 Å². The second-order valence-electron chi connectivity index (χ2n) is 3.73. The fraction of sp³-hybridized carbons (Fsp3) is 0.0833. The number of nitro groups is 1. The van der Waals surface area contributed by atoms with Crippen molar-refractivity contribution in [1.29, 1.82) is 0 Å². The summed E-state index contributed by atoms with van der Waals surface area (Å²) in [4.78, 5) is 13.5. The summed E-state index contributed by atoms with van der Waals surface area (Å²) >= 11 is 0. The maximum Gasteiger partial charge on any atom is 0.363 e. The van der Waals surface area contributed by atoms with Gasteiger partial charge < -0.3 is 20.6 Å². The van der Waals surface area contributed by atoms with Gasteiger partial charge in [-0.3, -0.25) is 0 Å². The van der Waals surface area contributed by atoms with Gasteiger partial charge in [-0.25, -0.2) is 0 Å². The van der Waals surface area contributed by atoms with E-state index in [4.69, 9.17) is 10.5 Å². The molecule has 0 saturated heterocycles. The van der Waals surface area contributed by atoms with Gasteiger partial charge in [-0.15, -0.1) is 0 Å². The van der Waals surface area contributed by atoms with E-state index in [0.29, 0.717) is 17.2 Å². The Labute approximate surface area is 103 Å². The smallest absolute Gasteiger partial charge is 0.363 e. The van der Waals surface area contributed by atoms with Gasteiger partial charge in [-0.1, -0.05) is 0 Å². The molecule has 0 spiro atoms. The molecule has 6 nitrogen and oxygen atoms in total. The third-order valence-electron chi connectivity index (χ3n) is 2.38. The number of nitrogens with two attached hydrogens (primary N) is 1. The number of benzene rings is 1. The van der Waals surface area contributed by atoms with Crippen molar-refractivity contribution in [1.82, 2.24) is 4.98 Å². The summed E-state index contributed by atoms with van der Waals surface area (Å²) in [7, 11) is 0. The number of nitrogens with zero attached hydrogens (tertiary/aromatic N) is 2. The van der Waals surface area contributed by atoms with Crippen molar-refractivity contribution in [3.8, 4) is 11.5 Å². The molecular weight excluding hydrogens is 234 g/mol. The molecule has 0 fully saturated rings. The predicted octanol–water partition coefficient (Wildman–Crippen LogP) is 2.67. The van der Waals surface area contributed by atoms with Gasteiger partial charge in [0.1, 0.15) is 5.75 Å². The first kappa shape index (κ1) is 11.8. The zero-order chi connectivity index (χ0) is 13.1. The summed E-state index contributed by atoms with van der Waals surface area (Å²) < 4.78 is 5.51. The van der Waals surface area contributed by atoms with E-state index in [9.17, 15) is 10.1 Å². The quantitative estimate of drug-likeness (QED) is 0.510. The van der Waals surface area contributed by atoms with Crippen molar-refractivity contribution in [2.75, 3.05) is 5.73 Å². The lowest BCUT2D eigenvalue weighted by Gasteiger charge is -2.06. The fourth-order valence-corrected chi connectivity index (χ4v) is 1.39. The highest BCUT2D eigenvalue weighted by Crippen LogP contribution is 2.24. The maximum absolute atomic E-state index is 10.4. The first-order chi connectivity index (χ1) is 8.56. The molecule has 1 aromatic carbocycles. The Kier molecular flexibility index (Phi) is 3.09. The van der Waals surface area contributed by atoms with Crippen LogP contribution in [0.3, 0.4) is 0 Å². The zero-order valence-electron chi connectivity index (χ0n) is 9.66. The number of ether oxygens (including phenoxy) is 1. The lowest BCUT2D eigenvalue weighted by Crippen LogP contribution is -1.93. The topological polar surface area (TPSA) is 91.3 Å². The van der Waals surface area contributed by atoms with Crippen LogP contribution in [0.1, 0.15) is 5.56 Å². The van der Waals surface area contributed by atoms with Crippen LogP contribution in [0, 0.1) is 17.0 Å². The van der Waals surface area contributed by atoms with E-state index in [1.165, 1.54) is 18.3 Å². The molecule has 0 aliphatic heterocycles. The number of aryl methyl sites for hydroxylation is 1. The number of hydrogen-bond donors (Lipinski definition) is 1. The summed E-state index contributed by atoms with van der Waals surface area (Å²) in [5, 5.41) is 10.4. The Morgan fingerprint density at radius 2 is 2.00 bits per heavy atom. The van der Waals surface area contributed by atoms with E-state index in [1.807, 2.05) is 6.92 Å². The minimum absolute atomic E-state index is 0.212. The molecule has 6 heteroatoms. The SMILES string of the molecule is Cc1cc(Oc2ccc([N+](=O)[O-])nc2)ccc1N. The minimum Gasteiger partial charge on any atom is -0.453 e. The van der Waals surface area contributed by atoms with E-state index >= 15 is 0 Å². The van der Waals surface area contributed by atoms with Crippen LogP contribution in [-0.2, 0) is 0 Å². The molecule has 0 atom stereocenters. The van der Waals surface area contributed by atoms with Crippen LogP contribution in [0.5, 0.6) is 11.5 Å². The summed E-state index contributed by atoms with van der Waals surface area (Å²) in [5.41, 5.74) is 7.28. The van der Waals surface area contributed by atoms with E-state index in [1.54, 1.807) is 18.2 Å². The molecule has 0 aliphatic rings. The van der Waals surface area contributed by atoms with Crippen LogP contribution in [-0.4, -0.2) is 9.91 Å². The Hall–Kier alpha value is -2.63. The van der Waals surface area contributed by atoms with Gasteiger partial charge in [0, 0.05) is 11.8 Å². The van der Waals surface area contributed by atoms with Crippen molar-refractivity contribution in [2.24, 2.45) is 0 Å². The number of rotatable bonds is 3. The van der Waals surface area contributed by atoms with Crippen LogP contribution in [0.4, 0.5) is 11.5 Å². The molecule has 18 heavy (non-hydrogen) atoms. The Morgan fingerprint density at radius 3 is 2.56 bits per heavy atom. The summed E-state index contributed by atoms with van der Waals surface area (Å²) in [6, 6.07) is 8.04. The van der Waals surface area contributed by atoms with Crippen LogP contribution in [0.25, 0.3) is 0 Å². The molecule has 0 bridgehead atoms. The molecule has 0 unspecified atom stereocenters. The van der Waals surface area contributed by atoms with Crippen LogP contribution >= 0.6 is 0 Å². The fourth-order valence-electron chi connectivity index (χ4n) is 1.39. The van der Waals surface area contributed by atoms with Gasteiger partial charge in [-0.2, -0.15) is 0 Å². The molecule has 2 rings (SSSR count). The molecular formula is C12H11N3O3. The largest absolute Gasteiger partial charge is 0.453 e. The van der Waals surface area contributed by atoms with Gasteiger partial charge in [0.25, 0.3) is 0 Å². The Balaban J connectivity index is 2.18. The molecule has 92 valence electrons. The molecule has 0 amide bonds. The summed E-state index contributed by atoms with van der Waals surface area (Å²) in [5.74, 6) is 0.831. The number of pyridine rings is 1. The average Bonchev–Trinajstić information content (AvgIpc) is 2.34. The first-order valence-corrected chi connectivity index (χ1v) is 5.20. The van der Waals surface area contributed by atoms with Gasteiger partial charge in [-0.05, 0) is 46.7 Å². The Morgan fingerprint density at radius 1 is 1.28 bits per heavy atom. The van der Waals surface area contributed by atoms with E-state index in [-0.39, 0.29) is 5.82 Å². The monoisotopic (exact) mass is 245 g/mol. The lowest BCUT2D eigenvalue weighted by atomic mass is 10.2. The molecule has 2 aromatic rings. The highest BCUT2D eigenvalue weighted by atomic mass is 16.6. The lowest BCUT2D eigenvalue weighted by molar-refractivity contribution is -0.389.